The van der Waals surface area contributed by atoms with Crippen LogP contribution in [0.1, 0.15) is 44.2 Å². The molecule has 4 nitrogen and oxygen atoms in total. The summed E-state index contributed by atoms with van der Waals surface area (Å²) < 4.78 is 27.6. The summed E-state index contributed by atoms with van der Waals surface area (Å²) in [5.74, 6) is 5.21. The van der Waals surface area contributed by atoms with Crippen molar-refractivity contribution >= 4 is 10.0 Å². The largest absolute Gasteiger partial charge is 0.384 e. The van der Waals surface area contributed by atoms with E-state index >= 15 is 0 Å². The molecule has 1 unspecified atom stereocenters. The average Bonchev–Trinajstić information content (AvgIpc) is 2.42. The molecule has 0 fully saturated rings. The molecule has 21 heavy (non-hydrogen) atoms. The van der Waals surface area contributed by atoms with Crippen LogP contribution in [-0.2, 0) is 10.0 Å². The van der Waals surface area contributed by atoms with Crippen LogP contribution in [0.2, 0.25) is 0 Å². The number of nitrogens with one attached hydrogen (secondary N) is 1. The maximum absolute atomic E-state index is 12.5. The van der Waals surface area contributed by atoms with Crippen molar-refractivity contribution in [3.63, 3.8) is 0 Å². The van der Waals surface area contributed by atoms with Gasteiger partial charge >= 0.3 is 0 Å². The van der Waals surface area contributed by atoms with Crippen LogP contribution in [0.15, 0.2) is 23.1 Å². The van der Waals surface area contributed by atoms with Gasteiger partial charge in [-0.15, -0.1) is 0 Å². The summed E-state index contributed by atoms with van der Waals surface area (Å²) in [6.07, 6.45) is 2.82. The number of aryl methyl sites for hydroxylation is 1. The first-order valence-corrected chi connectivity index (χ1v) is 8.61. The minimum absolute atomic E-state index is 0.116. The Balaban J connectivity index is 3.07. The number of aliphatic hydroxyl groups excluding tert-OH is 1. The molecule has 0 heterocycles. The quantitative estimate of drug-likeness (QED) is 0.792. The highest BCUT2D eigenvalue weighted by atomic mass is 32.2. The van der Waals surface area contributed by atoms with E-state index in [1.165, 1.54) is 0 Å². The second-order valence-corrected chi connectivity index (χ2v) is 6.81. The molecule has 0 aromatic heterocycles. The molecule has 1 aromatic carbocycles. The van der Waals surface area contributed by atoms with Crippen molar-refractivity contribution in [2.24, 2.45) is 0 Å². The molecule has 0 spiro atoms. The SMILES string of the molecule is CCCCC(C)NS(=O)(=O)c1ccc(C)cc1C#CCO. The van der Waals surface area contributed by atoms with Gasteiger partial charge in [0, 0.05) is 11.6 Å². The van der Waals surface area contributed by atoms with E-state index in [2.05, 4.69) is 23.5 Å². The fraction of sp³-hybridized carbons (Fsp3) is 0.500. The van der Waals surface area contributed by atoms with Gasteiger partial charge in [0.05, 0.1) is 4.90 Å². The van der Waals surface area contributed by atoms with Gasteiger partial charge < -0.3 is 5.11 Å². The Labute approximate surface area is 127 Å². The fourth-order valence-electron chi connectivity index (χ4n) is 2.01. The zero-order valence-corrected chi connectivity index (χ0v) is 13.6. The van der Waals surface area contributed by atoms with Crippen molar-refractivity contribution in [3.05, 3.63) is 29.3 Å². The van der Waals surface area contributed by atoms with E-state index in [0.717, 1.165) is 24.8 Å². The van der Waals surface area contributed by atoms with E-state index in [9.17, 15) is 8.42 Å². The van der Waals surface area contributed by atoms with E-state index in [-0.39, 0.29) is 17.5 Å². The van der Waals surface area contributed by atoms with Gasteiger partial charge in [-0.2, -0.15) is 0 Å². The first-order valence-electron chi connectivity index (χ1n) is 7.13. The first kappa shape index (κ1) is 17.7. The summed E-state index contributed by atoms with van der Waals surface area (Å²) in [6.45, 7) is 5.51. The number of aliphatic hydroxyl groups is 1. The molecule has 116 valence electrons. The van der Waals surface area contributed by atoms with Crippen LogP contribution in [0, 0.1) is 18.8 Å². The summed E-state index contributed by atoms with van der Waals surface area (Å²) in [5, 5.41) is 8.79. The molecule has 5 heteroatoms. The summed E-state index contributed by atoms with van der Waals surface area (Å²) in [4.78, 5) is 0.164. The zero-order chi connectivity index (χ0) is 15.9. The lowest BCUT2D eigenvalue weighted by atomic mass is 10.1. The Bertz CT molecular complexity index is 627. The number of unbranched alkanes of at least 4 members (excludes halogenated alkanes) is 1. The molecule has 0 radical (unpaired) electrons. The van der Waals surface area contributed by atoms with Crippen molar-refractivity contribution in [1.82, 2.24) is 4.72 Å². The monoisotopic (exact) mass is 309 g/mol. The van der Waals surface area contributed by atoms with E-state index < -0.39 is 10.0 Å². The predicted octanol–water partition coefficient (Wildman–Crippen LogP) is 2.20. The summed E-state index contributed by atoms with van der Waals surface area (Å²) in [7, 11) is -3.60. The maximum atomic E-state index is 12.5. The summed E-state index contributed by atoms with van der Waals surface area (Å²) >= 11 is 0. The highest BCUT2D eigenvalue weighted by molar-refractivity contribution is 7.89. The van der Waals surface area contributed by atoms with Gasteiger partial charge in [0.15, 0.2) is 0 Å². The Kier molecular flexibility index (Phi) is 6.90. The smallest absolute Gasteiger partial charge is 0.242 e. The second kappa shape index (κ2) is 8.18. The second-order valence-electron chi connectivity index (χ2n) is 5.12. The number of sulfonamides is 1. The topological polar surface area (TPSA) is 66.4 Å². The van der Waals surface area contributed by atoms with E-state index in [4.69, 9.17) is 5.11 Å². The molecule has 1 aromatic rings. The first-order chi connectivity index (χ1) is 9.90. The number of hydrogen-bond acceptors (Lipinski definition) is 3. The van der Waals surface area contributed by atoms with Gasteiger partial charge in [0.2, 0.25) is 10.0 Å². The van der Waals surface area contributed by atoms with Gasteiger partial charge in [0.25, 0.3) is 0 Å². The normalized spacial score (nSPS) is 12.6. The Morgan fingerprint density at radius 3 is 2.71 bits per heavy atom. The highest BCUT2D eigenvalue weighted by Gasteiger charge is 2.20. The minimum Gasteiger partial charge on any atom is -0.384 e. The van der Waals surface area contributed by atoms with Crippen molar-refractivity contribution in [3.8, 4) is 11.8 Å². The van der Waals surface area contributed by atoms with Crippen LogP contribution in [0.25, 0.3) is 0 Å². The Morgan fingerprint density at radius 1 is 1.38 bits per heavy atom. The fourth-order valence-corrected chi connectivity index (χ4v) is 3.43. The average molecular weight is 309 g/mol. The van der Waals surface area contributed by atoms with E-state index in [0.29, 0.717) is 5.56 Å². The van der Waals surface area contributed by atoms with Crippen LogP contribution in [-0.4, -0.2) is 26.2 Å². The molecule has 0 aliphatic heterocycles. The van der Waals surface area contributed by atoms with Gasteiger partial charge in [-0.05, 0) is 38.0 Å². The number of hydrogen-bond donors (Lipinski definition) is 2. The molecule has 0 aliphatic carbocycles. The van der Waals surface area contributed by atoms with Crippen LogP contribution >= 0.6 is 0 Å². The van der Waals surface area contributed by atoms with Crippen molar-refractivity contribution < 1.29 is 13.5 Å². The molecule has 0 aliphatic rings. The third kappa shape index (κ3) is 5.50. The van der Waals surface area contributed by atoms with Crippen LogP contribution in [0.4, 0.5) is 0 Å². The van der Waals surface area contributed by atoms with Gasteiger partial charge in [-0.25, -0.2) is 13.1 Å². The summed E-state index contributed by atoms with van der Waals surface area (Å²) in [5.41, 5.74) is 1.34. The molecule has 1 atom stereocenters. The number of benzene rings is 1. The molecule has 1 rings (SSSR count). The van der Waals surface area contributed by atoms with Crippen LogP contribution in [0.3, 0.4) is 0 Å². The Morgan fingerprint density at radius 2 is 2.10 bits per heavy atom. The molecule has 0 saturated carbocycles. The zero-order valence-electron chi connectivity index (χ0n) is 12.8. The lowest BCUT2D eigenvalue weighted by Crippen LogP contribution is -2.33. The van der Waals surface area contributed by atoms with Crippen LogP contribution in [0.5, 0.6) is 0 Å². The molecule has 2 N–H and O–H groups in total. The molecular weight excluding hydrogens is 286 g/mol. The van der Waals surface area contributed by atoms with Gasteiger partial charge in [-0.1, -0.05) is 37.7 Å². The lowest BCUT2D eigenvalue weighted by molar-refractivity contribution is 0.350. The van der Waals surface area contributed by atoms with Crippen LogP contribution < -0.4 is 4.72 Å². The van der Waals surface area contributed by atoms with E-state index in [1.807, 2.05) is 13.8 Å². The highest BCUT2D eigenvalue weighted by Crippen LogP contribution is 2.17. The standard InChI is InChI=1S/C16H23NO3S/c1-4-5-7-14(3)17-21(19,20)16-10-9-13(2)12-15(16)8-6-11-18/h9-10,12,14,17-18H,4-5,7,11H2,1-3H3. The van der Waals surface area contributed by atoms with Gasteiger partial charge in [0.1, 0.15) is 6.61 Å². The molecule has 0 amide bonds. The minimum atomic E-state index is -3.60. The third-order valence-corrected chi connectivity index (χ3v) is 4.72. The van der Waals surface area contributed by atoms with Gasteiger partial charge in [-0.3, -0.25) is 0 Å². The maximum Gasteiger partial charge on any atom is 0.242 e. The summed E-state index contributed by atoms with van der Waals surface area (Å²) in [6, 6.07) is 4.91. The number of rotatable bonds is 6. The molecule has 0 saturated heterocycles. The van der Waals surface area contributed by atoms with E-state index in [1.54, 1.807) is 18.2 Å². The van der Waals surface area contributed by atoms with Crippen molar-refractivity contribution in [2.75, 3.05) is 6.61 Å². The molecule has 0 bridgehead atoms. The Hall–Kier alpha value is -1.35. The lowest BCUT2D eigenvalue weighted by Gasteiger charge is -2.15. The van der Waals surface area contributed by atoms with Crippen molar-refractivity contribution in [1.29, 1.82) is 0 Å². The van der Waals surface area contributed by atoms with Crippen molar-refractivity contribution in [2.45, 2.75) is 51.0 Å². The third-order valence-electron chi connectivity index (χ3n) is 3.07. The predicted molar refractivity (Wildman–Crippen MR) is 84.5 cm³/mol. The molecular formula is C16H23NO3S.